The number of rotatable bonds is 5. The number of fused-ring (bicyclic) bond motifs is 7. The molecule has 0 saturated carbocycles. The molecule has 0 aliphatic carbocycles. The molecule has 12 rings (SSSR count). The summed E-state index contributed by atoms with van der Waals surface area (Å²) in [5.41, 5.74) is 8.77. The Labute approximate surface area is 339 Å². The van der Waals surface area contributed by atoms with E-state index in [1.165, 1.54) is 21.5 Å². The minimum absolute atomic E-state index is 0.550. The van der Waals surface area contributed by atoms with Gasteiger partial charge in [-0.3, -0.25) is 0 Å². The number of hydrogen-bond donors (Lipinski definition) is 0. The standard InChI is InChI=1S/C55H33N3O/c1-2-16-37-33-38(28-27-34(37)13-1)40-31-32-48(44-21-8-7-20-42(40)44)53-56-54(49-25-12-24-47-45-22-9-10-26-50(45)59-52(47)49)58-55(57-53)51-41-19-6-4-15-36(41)29-30-46(51)43-23-11-17-35-14-3-5-18-39(35)43/h1-33H. The molecule has 0 aliphatic rings. The lowest BCUT2D eigenvalue weighted by Gasteiger charge is -2.17. The van der Waals surface area contributed by atoms with Crippen molar-refractivity contribution >= 4 is 65.0 Å². The summed E-state index contributed by atoms with van der Waals surface area (Å²) < 4.78 is 6.61. The fourth-order valence-electron chi connectivity index (χ4n) is 8.95. The van der Waals surface area contributed by atoms with E-state index in [9.17, 15) is 0 Å². The molecule has 4 nitrogen and oxygen atoms in total. The van der Waals surface area contributed by atoms with Gasteiger partial charge in [-0.1, -0.05) is 176 Å². The molecule has 12 aromatic rings. The van der Waals surface area contributed by atoms with E-state index >= 15 is 0 Å². The van der Waals surface area contributed by atoms with E-state index in [0.29, 0.717) is 17.5 Å². The number of para-hydroxylation sites is 2. The first-order valence-corrected chi connectivity index (χ1v) is 19.9. The first kappa shape index (κ1) is 33.2. The van der Waals surface area contributed by atoms with Crippen LogP contribution in [0.1, 0.15) is 0 Å². The third-order valence-corrected chi connectivity index (χ3v) is 11.7. The molecule has 59 heavy (non-hydrogen) atoms. The smallest absolute Gasteiger partial charge is 0.167 e. The molecule has 0 fully saturated rings. The lowest BCUT2D eigenvalue weighted by atomic mass is 9.90. The molecule has 0 atom stereocenters. The van der Waals surface area contributed by atoms with Gasteiger partial charge in [0.05, 0.1) is 5.56 Å². The molecular weight excluding hydrogens is 719 g/mol. The molecule has 0 amide bonds. The van der Waals surface area contributed by atoms with Crippen LogP contribution in [0.3, 0.4) is 0 Å². The minimum Gasteiger partial charge on any atom is -0.455 e. The van der Waals surface area contributed by atoms with E-state index < -0.39 is 0 Å². The van der Waals surface area contributed by atoms with Crippen molar-refractivity contribution in [3.8, 4) is 56.4 Å². The maximum absolute atomic E-state index is 6.61. The van der Waals surface area contributed by atoms with E-state index in [4.69, 9.17) is 19.4 Å². The highest BCUT2D eigenvalue weighted by Crippen LogP contribution is 2.43. The summed E-state index contributed by atoms with van der Waals surface area (Å²) >= 11 is 0. The van der Waals surface area contributed by atoms with Crippen LogP contribution in [0.4, 0.5) is 0 Å². The van der Waals surface area contributed by atoms with Gasteiger partial charge in [-0.05, 0) is 89.6 Å². The number of aromatic nitrogens is 3. The average Bonchev–Trinajstić information content (AvgIpc) is 3.69. The van der Waals surface area contributed by atoms with E-state index in [1.807, 2.05) is 18.2 Å². The van der Waals surface area contributed by atoms with Gasteiger partial charge < -0.3 is 4.42 Å². The molecule has 10 aromatic carbocycles. The fraction of sp³-hybridized carbons (Fsp3) is 0. The molecule has 0 unspecified atom stereocenters. The van der Waals surface area contributed by atoms with Gasteiger partial charge in [0.2, 0.25) is 0 Å². The summed E-state index contributed by atoms with van der Waals surface area (Å²) in [6, 6.07) is 70.5. The first-order valence-electron chi connectivity index (χ1n) is 19.9. The minimum atomic E-state index is 0.550. The maximum atomic E-state index is 6.61. The van der Waals surface area contributed by atoms with Crippen LogP contribution in [-0.2, 0) is 0 Å². The van der Waals surface area contributed by atoms with Crippen molar-refractivity contribution in [1.82, 2.24) is 15.0 Å². The van der Waals surface area contributed by atoms with Gasteiger partial charge in [-0.25, -0.2) is 15.0 Å². The Bertz CT molecular complexity index is 3630. The van der Waals surface area contributed by atoms with Crippen molar-refractivity contribution in [1.29, 1.82) is 0 Å². The highest BCUT2D eigenvalue weighted by atomic mass is 16.3. The van der Waals surface area contributed by atoms with Gasteiger partial charge in [0.25, 0.3) is 0 Å². The Balaban J connectivity index is 1.16. The third kappa shape index (κ3) is 5.42. The van der Waals surface area contributed by atoms with Crippen LogP contribution >= 0.6 is 0 Å². The fourth-order valence-corrected chi connectivity index (χ4v) is 8.95. The molecule has 0 aliphatic heterocycles. The summed E-state index contributed by atoms with van der Waals surface area (Å²) in [5.74, 6) is 1.74. The second-order valence-corrected chi connectivity index (χ2v) is 15.1. The van der Waals surface area contributed by atoms with Gasteiger partial charge in [-0.15, -0.1) is 0 Å². The summed E-state index contributed by atoms with van der Waals surface area (Å²) in [6.07, 6.45) is 0. The normalized spacial score (nSPS) is 11.7. The Morgan fingerprint density at radius 3 is 1.64 bits per heavy atom. The molecular formula is C55H33N3O. The van der Waals surface area contributed by atoms with Crippen molar-refractivity contribution in [3.63, 3.8) is 0 Å². The maximum Gasteiger partial charge on any atom is 0.167 e. The zero-order chi connectivity index (χ0) is 38.9. The summed E-state index contributed by atoms with van der Waals surface area (Å²) in [5, 5.41) is 11.2. The SMILES string of the molecule is c1ccc2cc(-c3ccc(-c4nc(-c5c(-c6cccc7ccccc67)ccc6ccccc56)nc(-c5cccc6c5oc5ccccc56)n4)c4ccccc34)ccc2c1. The van der Waals surface area contributed by atoms with Crippen LogP contribution in [-0.4, -0.2) is 15.0 Å². The Morgan fingerprint density at radius 2 is 0.814 bits per heavy atom. The van der Waals surface area contributed by atoms with Gasteiger partial charge in [0, 0.05) is 21.9 Å². The average molecular weight is 752 g/mol. The topological polar surface area (TPSA) is 51.8 Å². The molecule has 2 aromatic heterocycles. The van der Waals surface area contributed by atoms with Crippen molar-refractivity contribution in [3.05, 3.63) is 200 Å². The zero-order valence-electron chi connectivity index (χ0n) is 31.8. The number of benzene rings is 10. The highest BCUT2D eigenvalue weighted by molar-refractivity contribution is 6.11. The summed E-state index contributed by atoms with van der Waals surface area (Å²) in [6.45, 7) is 0. The highest BCUT2D eigenvalue weighted by Gasteiger charge is 2.23. The van der Waals surface area contributed by atoms with Crippen LogP contribution in [0.2, 0.25) is 0 Å². The van der Waals surface area contributed by atoms with Crippen LogP contribution in [0.5, 0.6) is 0 Å². The molecule has 2 heterocycles. The molecule has 0 saturated heterocycles. The van der Waals surface area contributed by atoms with Crippen LogP contribution in [0.15, 0.2) is 205 Å². The monoisotopic (exact) mass is 751 g/mol. The van der Waals surface area contributed by atoms with Gasteiger partial charge >= 0.3 is 0 Å². The van der Waals surface area contributed by atoms with E-state index in [0.717, 1.165) is 82.4 Å². The second kappa shape index (κ2) is 13.3. The number of nitrogens with zero attached hydrogens (tertiary/aromatic N) is 3. The Kier molecular flexibility index (Phi) is 7.50. The van der Waals surface area contributed by atoms with Gasteiger partial charge in [0.15, 0.2) is 17.5 Å². The second-order valence-electron chi connectivity index (χ2n) is 15.1. The quantitative estimate of drug-likeness (QED) is 0.176. The molecule has 4 heteroatoms. The number of furan rings is 1. The van der Waals surface area contributed by atoms with E-state index in [1.54, 1.807) is 0 Å². The van der Waals surface area contributed by atoms with Crippen molar-refractivity contribution in [2.75, 3.05) is 0 Å². The largest absolute Gasteiger partial charge is 0.455 e. The van der Waals surface area contributed by atoms with E-state index in [2.05, 4.69) is 182 Å². The van der Waals surface area contributed by atoms with Crippen LogP contribution < -0.4 is 0 Å². The van der Waals surface area contributed by atoms with Gasteiger partial charge in [-0.2, -0.15) is 0 Å². The molecule has 0 N–H and O–H groups in total. The lowest BCUT2D eigenvalue weighted by molar-refractivity contribution is 0.669. The summed E-state index contributed by atoms with van der Waals surface area (Å²) in [4.78, 5) is 16.3. The predicted octanol–water partition coefficient (Wildman–Crippen LogP) is 14.7. The summed E-state index contributed by atoms with van der Waals surface area (Å²) in [7, 11) is 0. The third-order valence-electron chi connectivity index (χ3n) is 11.7. The van der Waals surface area contributed by atoms with Crippen molar-refractivity contribution in [2.45, 2.75) is 0 Å². The molecule has 0 bridgehead atoms. The molecule has 0 radical (unpaired) electrons. The predicted molar refractivity (Wildman–Crippen MR) is 244 cm³/mol. The molecule has 0 spiro atoms. The van der Waals surface area contributed by atoms with Crippen molar-refractivity contribution in [2.24, 2.45) is 0 Å². The zero-order valence-corrected chi connectivity index (χ0v) is 31.8. The number of hydrogen-bond acceptors (Lipinski definition) is 4. The van der Waals surface area contributed by atoms with Crippen LogP contribution in [0, 0.1) is 0 Å². The van der Waals surface area contributed by atoms with E-state index in [-0.39, 0.29) is 0 Å². The van der Waals surface area contributed by atoms with Crippen LogP contribution in [0.25, 0.3) is 121 Å². The lowest BCUT2D eigenvalue weighted by Crippen LogP contribution is -2.02. The molecule has 274 valence electrons. The Morgan fingerprint density at radius 1 is 0.288 bits per heavy atom. The Hall–Kier alpha value is -7.95. The van der Waals surface area contributed by atoms with Crippen molar-refractivity contribution < 1.29 is 4.42 Å². The first-order chi connectivity index (χ1) is 29.2. The van der Waals surface area contributed by atoms with Gasteiger partial charge in [0.1, 0.15) is 11.2 Å².